The lowest BCUT2D eigenvalue weighted by molar-refractivity contribution is 0.0273. The van der Waals surface area contributed by atoms with Gasteiger partial charge in [0.2, 0.25) is 0 Å². The molecule has 2 unspecified atom stereocenters. The van der Waals surface area contributed by atoms with Crippen molar-refractivity contribution >= 4 is 11.8 Å². The first-order chi connectivity index (χ1) is 10.6. The maximum atomic E-state index is 13.5. The van der Waals surface area contributed by atoms with Gasteiger partial charge in [0.05, 0.1) is 17.2 Å². The highest BCUT2D eigenvalue weighted by molar-refractivity contribution is 6.21. The zero-order chi connectivity index (χ0) is 15.7. The molecule has 2 atom stereocenters. The number of hydrogen-bond acceptors (Lipinski definition) is 3. The number of imide groups is 1. The number of halogens is 1. The fraction of sp³-hybridized carbons (Fsp3) is 0.176. The van der Waals surface area contributed by atoms with Crippen LogP contribution in [0.4, 0.5) is 4.39 Å². The number of carbonyl (C=O) groups is 2. The molecule has 0 saturated carbocycles. The third kappa shape index (κ3) is 2.19. The van der Waals surface area contributed by atoms with Crippen LogP contribution in [0.3, 0.4) is 0 Å². The highest BCUT2D eigenvalue weighted by Crippen LogP contribution is 2.30. The predicted molar refractivity (Wildman–Crippen MR) is 78.1 cm³/mol. The van der Waals surface area contributed by atoms with Crippen molar-refractivity contribution in [2.24, 2.45) is 0 Å². The third-order valence-electron chi connectivity index (χ3n) is 3.82. The van der Waals surface area contributed by atoms with E-state index in [-0.39, 0.29) is 11.1 Å². The minimum atomic E-state index is -1.27. The lowest BCUT2D eigenvalue weighted by Crippen LogP contribution is -2.45. The van der Waals surface area contributed by atoms with E-state index in [2.05, 4.69) is 0 Å². The first-order valence-electron chi connectivity index (χ1n) is 6.91. The van der Waals surface area contributed by atoms with Gasteiger partial charge in [-0.1, -0.05) is 42.5 Å². The van der Waals surface area contributed by atoms with Crippen molar-refractivity contribution in [3.05, 3.63) is 71.3 Å². The Morgan fingerprint density at radius 2 is 1.41 bits per heavy atom. The molecule has 2 aromatic carbocycles. The second-order valence-electron chi connectivity index (χ2n) is 5.10. The first kappa shape index (κ1) is 14.4. The molecule has 2 amide bonds. The Morgan fingerprint density at radius 3 is 1.91 bits per heavy atom. The van der Waals surface area contributed by atoms with Gasteiger partial charge in [0.15, 0.2) is 0 Å². The number of amides is 2. The molecule has 1 heterocycles. The van der Waals surface area contributed by atoms with Gasteiger partial charge < -0.3 is 5.11 Å². The van der Waals surface area contributed by atoms with Crippen molar-refractivity contribution in [3.8, 4) is 0 Å². The minimum Gasteiger partial charge on any atom is -0.386 e. The zero-order valence-electron chi connectivity index (χ0n) is 11.6. The molecule has 3 rings (SSSR count). The Morgan fingerprint density at radius 1 is 0.909 bits per heavy atom. The summed E-state index contributed by atoms with van der Waals surface area (Å²) < 4.78 is 13.5. The number of rotatable bonds is 4. The number of hydrogen-bond donors (Lipinski definition) is 1. The number of benzene rings is 2. The predicted octanol–water partition coefficient (Wildman–Crippen LogP) is 2.35. The van der Waals surface area contributed by atoms with Crippen LogP contribution in [0.1, 0.15) is 32.4 Å². The van der Waals surface area contributed by atoms with E-state index < -0.39 is 30.6 Å². The molecule has 1 aliphatic heterocycles. The quantitative estimate of drug-likeness (QED) is 0.882. The van der Waals surface area contributed by atoms with Crippen LogP contribution < -0.4 is 0 Å². The number of carbonyl (C=O) groups excluding carboxylic acids is 2. The van der Waals surface area contributed by atoms with Crippen molar-refractivity contribution in [3.63, 3.8) is 0 Å². The summed E-state index contributed by atoms with van der Waals surface area (Å²) in [6, 6.07) is 13.5. The molecule has 0 bridgehead atoms. The highest BCUT2D eigenvalue weighted by Gasteiger charge is 2.42. The van der Waals surface area contributed by atoms with Gasteiger partial charge in [0.25, 0.3) is 11.8 Å². The Balaban J connectivity index is 1.96. The van der Waals surface area contributed by atoms with Crippen LogP contribution in [0.15, 0.2) is 54.6 Å². The molecule has 1 aliphatic rings. The van der Waals surface area contributed by atoms with Crippen molar-refractivity contribution in [2.45, 2.75) is 12.1 Å². The number of aliphatic hydroxyl groups is 1. The lowest BCUT2D eigenvalue weighted by atomic mass is 10.0. The molecule has 112 valence electrons. The molecule has 2 aromatic rings. The summed E-state index contributed by atoms with van der Waals surface area (Å²) in [5.74, 6) is -1.14. The Hall–Kier alpha value is -2.53. The summed E-state index contributed by atoms with van der Waals surface area (Å²) in [4.78, 5) is 25.6. The molecule has 0 saturated heterocycles. The maximum absolute atomic E-state index is 13.5. The summed E-state index contributed by atoms with van der Waals surface area (Å²) in [6.45, 7) is -1.01. The molecule has 0 aromatic heterocycles. The largest absolute Gasteiger partial charge is 0.386 e. The Labute approximate surface area is 126 Å². The normalized spacial score (nSPS) is 16.5. The van der Waals surface area contributed by atoms with E-state index in [1.807, 2.05) is 0 Å². The van der Waals surface area contributed by atoms with E-state index in [9.17, 15) is 19.1 Å². The van der Waals surface area contributed by atoms with Crippen LogP contribution in [0.5, 0.6) is 0 Å². The van der Waals surface area contributed by atoms with E-state index in [1.165, 1.54) is 12.1 Å². The summed E-state index contributed by atoms with van der Waals surface area (Å²) in [5.41, 5.74) is 0.944. The van der Waals surface area contributed by atoms with Crippen LogP contribution in [-0.4, -0.2) is 34.5 Å². The van der Waals surface area contributed by atoms with Crippen molar-refractivity contribution in [1.29, 1.82) is 0 Å². The average molecular weight is 299 g/mol. The van der Waals surface area contributed by atoms with Gasteiger partial charge in [-0.25, -0.2) is 4.39 Å². The molecular formula is C17H14FNO3. The van der Waals surface area contributed by atoms with Crippen LogP contribution in [-0.2, 0) is 0 Å². The lowest BCUT2D eigenvalue weighted by Gasteiger charge is -2.28. The Kier molecular flexibility index (Phi) is 3.73. The average Bonchev–Trinajstić information content (AvgIpc) is 2.82. The SMILES string of the molecule is O=C1c2ccccc2C(=O)N1C(CF)C(O)c1ccccc1. The van der Waals surface area contributed by atoms with Crippen LogP contribution in [0.2, 0.25) is 0 Å². The van der Waals surface area contributed by atoms with Gasteiger partial charge in [-0.15, -0.1) is 0 Å². The molecule has 0 aliphatic carbocycles. The fourth-order valence-corrected chi connectivity index (χ4v) is 2.68. The van der Waals surface area contributed by atoms with Gasteiger partial charge in [0, 0.05) is 0 Å². The smallest absolute Gasteiger partial charge is 0.262 e. The zero-order valence-corrected chi connectivity index (χ0v) is 11.6. The van der Waals surface area contributed by atoms with Crippen molar-refractivity contribution < 1.29 is 19.1 Å². The van der Waals surface area contributed by atoms with Gasteiger partial charge in [-0.2, -0.15) is 0 Å². The maximum Gasteiger partial charge on any atom is 0.262 e. The number of fused-ring (bicyclic) bond motifs is 1. The third-order valence-corrected chi connectivity index (χ3v) is 3.82. The molecule has 5 heteroatoms. The number of alkyl halides is 1. The Bertz CT molecular complexity index is 682. The number of nitrogens with zero attached hydrogens (tertiary/aromatic N) is 1. The van der Waals surface area contributed by atoms with E-state index in [0.717, 1.165) is 4.90 Å². The van der Waals surface area contributed by atoms with Gasteiger partial charge in [-0.3, -0.25) is 14.5 Å². The molecule has 1 N–H and O–H groups in total. The second-order valence-corrected chi connectivity index (χ2v) is 5.10. The summed E-state index contributed by atoms with van der Waals surface area (Å²) in [7, 11) is 0. The molecular weight excluding hydrogens is 285 g/mol. The second kappa shape index (κ2) is 5.69. The molecule has 0 radical (unpaired) electrons. The van der Waals surface area contributed by atoms with Crippen LogP contribution >= 0.6 is 0 Å². The summed E-state index contributed by atoms with van der Waals surface area (Å²) >= 11 is 0. The van der Waals surface area contributed by atoms with Gasteiger partial charge in [-0.05, 0) is 17.7 Å². The molecule has 0 spiro atoms. The van der Waals surface area contributed by atoms with Crippen LogP contribution in [0.25, 0.3) is 0 Å². The van der Waals surface area contributed by atoms with Gasteiger partial charge >= 0.3 is 0 Å². The van der Waals surface area contributed by atoms with Gasteiger partial charge in [0.1, 0.15) is 12.8 Å². The molecule has 0 fully saturated rings. The van der Waals surface area contributed by atoms with E-state index >= 15 is 0 Å². The van der Waals surface area contributed by atoms with Crippen LogP contribution in [0, 0.1) is 0 Å². The van der Waals surface area contributed by atoms with Crippen molar-refractivity contribution in [2.75, 3.05) is 6.67 Å². The molecule has 4 nitrogen and oxygen atoms in total. The standard InChI is InChI=1S/C17H14FNO3/c18-10-14(15(20)11-6-2-1-3-7-11)19-16(21)12-8-4-5-9-13(12)17(19)22/h1-9,14-15,20H,10H2. The topological polar surface area (TPSA) is 57.6 Å². The fourth-order valence-electron chi connectivity index (χ4n) is 2.68. The highest BCUT2D eigenvalue weighted by atomic mass is 19.1. The van der Waals surface area contributed by atoms with E-state index in [1.54, 1.807) is 42.5 Å². The summed E-state index contributed by atoms with van der Waals surface area (Å²) in [6.07, 6.45) is -1.27. The first-order valence-corrected chi connectivity index (χ1v) is 6.91. The van der Waals surface area contributed by atoms with E-state index in [4.69, 9.17) is 0 Å². The summed E-state index contributed by atoms with van der Waals surface area (Å²) in [5, 5.41) is 10.4. The van der Waals surface area contributed by atoms with Crippen molar-refractivity contribution in [1.82, 2.24) is 4.90 Å². The molecule has 22 heavy (non-hydrogen) atoms. The number of aliphatic hydroxyl groups excluding tert-OH is 1. The minimum absolute atomic E-state index is 0.242. The monoisotopic (exact) mass is 299 g/mol. The van der Waals surface area contributed by atoms with E-state index in [0.29, 0.717) is 5.56 Å².